The smallest absolute Gasteiger partial charge is 0.137 e. The number of nitrogens with one attached hydrogen (secondary N) is 1. The number of hydrogen-bond acceptors (Lipinski definition) is 4. The Kier molecular flexibility index (Phi) is 6.81. The zero-order valence-electron chi connectivity index (χ0n) is 12.6. The Morgan fingerprint density at radius 2 is 2.00 bits per heavy atom. The Labute approximate surface area is 116 Å². The van der Waals surface area contributed by atoms with Gasteiger partial charge in [0, 0.05) is 12.8 Å². The number of hydrogen-bond donors (Lipinski definition) is 1. The average molecular weight is 266 g/mol. The summed E-state index contributed by atoms with van der Waals surface area (Å²) >= 11 is 0. The van der Waals surface area contributed by atoms with Crippen molar-refractivity contribution in [2.75, 3.05) is 20.3 Å². The molecule has 0 aromatic carbocycles. The molecule has 0 radical (unpaired) electrons. The van der Waals surface area contributed by atoms with Crippen molar-refractivity contribution < 1.29 is 9.47 Å². The first-order chi connectivity index (χ1) is 9.13. The van der Waals surface area contributed by atoms with Crippen LogP contribution < -0.4 is 10.1 Å². The van der Waals surface area contributed by atoms with E-state index in [9.17, 15) is 0 Å². The van der Waals surface area contributed by atoms with E-state index in [-0.39, 0.29) is 12.1 Å². The standard InChI is InChI=1S/C15H26N2O2/c1-6-17-14(15(11(3)4)19-7-2)12-8-13(18-5)10-16-9-12/h8-11,14-15,17H,6-7H2,1-5H3. The molecular formula is C15H26N2O2. The van der Waals surface area contributed by atoms with Crippen molar-refractivity contribution in [3.63, 3.8) is 0 Å². The van der Waals surface area contributed by atoms with Gasteiger partial charge in [-0.05, 0) is 31.0 Å². The van der Waals surface area contributed by atoms with Gasteiger partial charge in [-0.25, -0.2) is 0 Å². The van der Waals surface area contributed by atoms with E-state index in [1.165, 1.54) is 0 Å². The third-order valence-electron chi connectivity index (χ3n) is 3.10. The van der Waals surface area contributed by atoms with Crippen molar-refractivity contribution in [2.24, 2.45) is 5.92 Å². The van der Waals surface area contributed by atoms with Gasteiger partial charge in [0.15, 0.2) is 0 Å². The number of aromatic nitrogens is 1. The number of methoxy groups -OCH3 is 1. The van der Waals surface area contributed by atoms with Crippen LogP contribution in [0.1, 0.15) is 39.3 Å². The van der Waals surface area contributed by atoms with Crippen LogP contribution in [0.3, 0.4) is 0 Å². The van der Waals surface area contributed by atoms with Crippen molar-refractivity contribution in [1.82, 2.24) is 10.3 Å². The van der Waals surface area contributed by atoms with Crippen LogP contribution in [-0.2, 0) is 4.74 Å². The quantitative estimate of drug-likeness (QED) is 0.785. The lowest BCUT2D eigenvalue weighted by Crippen LogP contribution is -2.37. The number of nitrogens with zero attached hydrogens (tertiary/aromatic N) is 1. The molecule has 0 aliphatic heterocycles. The number of pyridine rings is 1. The number of rotatable bonds is 8. The van der Waals surface area contributed by atoms with E-state index in [0.717, 1.165) is 17.9 Å². The Hall–Kier alpha value is -1.13. The molecule has 1 aromatic rings. The molecule has 4 heteroatoms. The summed E-state index contributed by atoms with van der Waals surface area (Å²) in [5.74, 6) is 1.20. The molecule has 0 amide bonds. The van der Waals surface area contributed by atoms with E-state index in [2.05, 4.69) is 31.1 Å². The molecular weight excluding hydrogens is 240 g/mol. The Bertz CT molecular complexity index is 369. The first kappa shape index (κ1) is 15.9. The summed E-state index contributed by atoms with van der Waals surface area (Å²) in [5.41, 5.74) is 1.10. The molecule has 0 aliphatic carbocycles. The average Bonchev–Trinajstić information content (AvgIpc) is 2.42. The van der Waals surface area contributed by atoms with Crippen LogP contribution in [0.25, 0.3) is 0 Å². The third kappa shape index (κ3) is 4.48. The van der Waals surface area contributed by atoms with Crippen LogP contribution >= 0.6 is 0 Å². The highest BCUT2D eigenvalue weighted by molar-refractivity contribution is 5.26. The van der Waals surface area contributed by atoms with Crippen LogP contribution in [0.5, 0.6) is 5.75 Å². The summed E-state index contributed by atoms with van der Waals surface area (Å²) in [7, 11) is 1.66. The molecule has 0 saturated carbocycles. The second-order valence-electron chi connectivity index (χ2n) is 4.86. The molecule has 1 heterocycles. The molecule has 0 spiro atoms. The summed E-state index contributed by atoms with van der Waals surface area (Å²) in [6, 6.07) is 2.15. The lowest BCUT2D eigenvalue weighted by atomic mass is 9.94. The van der Waals surface area contributed by atoms with Gasteiger partial charge in [0.05, 0.1) is 25.5 Å². The zero-order chi connectivity index (χ0) is 14.3. The van der Waals surface area contributed by atoms with Gasteiger partial charge in [0.25, 0.3) is 0 Å². The van der Waals surface area contributed by atoms with E-state index < -0.39 is 0 Å². The van der Waals surface area contributed by atoms with Crippen LogP contribution in [0.15, 0.2) is 18.5 Å². The van der Waals surface area contributed by atoms with E-state index in [4.69, 9.17) is 9.47 Å². The predicted octanol–water partition coefficient (Wildman–Crippen LogP) is 2.80. The van der Waals surface area contributed by atoms with Crippen molar-refractivity contribution in [1.29, 1.82) is 0 Å². The van der Waals surface area contributed by atoms with Crippen molar-refractivity contribution in [3.05, 3.63) is 24.0 Å². The minimum absolute atomic E-state index is 0.124. The molecule has 2 atom stereocenters. The fourth-order valence-electron chi connectivity index (χ4n) is 2.23. The topological polar surface area (TPSA) is 43.4 Å². The lowest BCUT2D eigenvalue weighted by molar-refractivity contribution is 0.00306. The summed E-state index contributed by atoms with van der Waals surface area (Å²) < 4.78 is 11.2. The molecule has 1 rings (SSSR count). The van der Waals surface area contributed by atoms with Gasteiger partial charge in [0.2, 0.25) is 0 Å². The number of likely N-dealkylation sites (N-methyl/N-ethyl adjacent to an activating group) is 1. The Balaban J connectivity index is 3.02. The Morgan fingerprint density at radius 3 is 2.53 bits per heavy atom. The van der Waals surface area contributed by atoms with E-state index in [0.29, 0.717) is 12.5 Å². The van der Waals surface area contributed by atoms with Crippen molar-refractivity contribution >= 4 is 0 Å². The molecule has 4 nitrogen and oxygen atoms in total. The van der Waals surface area contributed by atoms with Gasteiger partial charge < -0.3 is 14.8 Å². The SMILES string of the molecule is CCNC(c1cncc(OC)c1)C(OCC)C(C)C. The van der Waals surface area contributed by atoms with Gasteiger partial charge in [-0.1, -0.05) is 20.8 Å². The zero-order valence-corrected chi connectivity index (χ0v) is 12.6. The largest absolute Gasteiger partial charge is 0.495 e. The highest BCUT2D eigenvalue weighted by Gasteiger charge is 2.26. The van der Waals surface area contributed by atoms with Gasteiger partial charge in [-0.3, -0.25) is 4.98 Å². The van der Waals surface area contributed by atoms with Crippen LogP contribution in [0, 0.1) is 5.92 Å². The molecule has 0 saturated heterocycles. The molecule has 1 N–H and O–H groups in total. The fraction of sp³-hybridized carbons (Fsp3) is 0.667. The third-order valence-corrected chi connectivity index (χ3v) is 3.10. The van der Waals surface area contributed by atoms with Crippen molar-refractivity contribution in [3.8, 4) is 5.75 Å². The summed E-state index contributed by atoms with van der Waals surface area (Å²) in [6.45, 7) is 10.1. The second kappa shape index (κ2) is 8.12. The van der Waals surface area contributed by atoms with Crippen LogP contribution in [-0.4, -0.2) is 31.3 Å². The van der Waals surface area contributed by atoms with Gasteiger partial charge in [0.1, 0.15) is 5.75 Å². The van der Waals surface area contributed by atoms with E-state index in [1.54, 1.807) is 13.3 Å². The van der Waals surface area contributed by atoms with Crippen LogP contribution in [0.2, 0.25) is 0 Å². The first-order valence-corrected chi connectivity index (χ1v) is 6.97. The maximum Gasteiger partial charge on any atom is 0.137 e. The summed E-state index contributed by atoms with van der Waals surface area (Å²) in [6.07, 6.45) is 3.72. The van der Waals surface area contributed by atoms with Crippen LogP contribution in [0.4, 0.5) is 0 Å². The second-order valence-corrected chi connectivity index (χ2v) is 4.86. The minimum atomic E-state index is 0.124. The normalized spacial score (nSPS) is 14.4. The predicted molar refractivity (Wildman–Crippen MR) is 77.5 cm³/mol. The minimum Gasteiger partial charge on any atom is -0.495 e. The molecule has 108 valence electrons. The molecule has 19 heavy (non-hydrogen) atoms. The summed E-state index contributed by atoms with van der Waals surface area (Å²) in [4.78, 5) is 4.24. The monoisotopic (exact) mass is 266 g/mol. The highest BCUT2D eigenvalue weighted by Crippen LogP contribution is 2.26. The number of ether oxygens (including phenoxy) is 2. The maximum absolute atomic E-state index is 5.91. The highest BCUT2D eigenvalue weighted by atomic mass is 16.5. The molecule has 0 fully saturated rings. The van der Waals surface area contributed by atoms with Gasteiger partial charge in [-0.15, -0.1) is 0 Å². The van der Waals surface area contributed by atoms with Gasteiger partial charge in [-0.2, -0.15) is 0 Å². The lowest BCUT2D eigenvalue weighted by Gasteiger charge is -2.31. The van der Waals surface area contributed by atoms with E-state index >= 15 is 0 Å². The molecule has 2 unspecified atom stereocenters. The maximum atomic E-state index is 5.91. The Morgan fingerprint density at radius 1 is 1.26 bits per heavy atom. The van der Waals surface area contributed by atoms with E-state index in [1.807, 2.05) is 19.2 Å². The molecule has 0 bridgehead atoms. The van der Waals surface area contributed by atoms with Crippen molar-refractivity contribution in [2.45, 2.75) is 39.8 Å². The van der Waals surface area contributed by atoms with Gasteiger partial charge >= 0.3 is 0 Å². The fourth-order valence-corrected chi connectivity index (χ4v) is 2.23. The molecule has 1 aromatic heterocycles. The molecule has 0 aliphatic rings. The summed E-state index contributed by atoms with van der Waals surface area (Å²) in [5, 5.41) is 3.50. The first-order valence-electron chi connectivity index (χ1n) is 6.97.